The third-order valence-electron chi connectivity index (χ3n) is 16.2. The van der Waals surface area contributed by atoms with Gasteiger partial charge in [-0.05, 0) is 74.9 Å². The summed E-state index contributed by atoms with van der Waals surface area (Å²) in [6.07, 6.45) is 7.04. The van der Waals surface area contributed by atoms with E-state index in [0.29, 0.717) is 45.5 Å². The van der Waals surface area contributed by atoms with Crippen LogP contribution in [0.4, 0.5) is 0 Å². The van der Waals surface area contributed by atoms with Gasteiger partial charge in [0.1, 0.15) is 12.1 Å². The molecule has 0 aliphatic carbocycles. The average molecular weight is 1180 g/mol. The summed E-state index contributed by atoms with van der Waals surface area (Å²) in [5.74, 6) is -4.27. The minimum Gasteiger partial charge on any atom is -0.379 e. The Balaban J connectivity index is 1.26. The molecule has 4 N–H and O–H groups in total. The lowest BCUT2D eigenvalue weighted by molar-refractivity contribution is -0.199. The van der Waals surface area contributed by atoms with Gasteiger partial charge in [-0.25, -0.2) is 5.06 Å². The zero-order chi connectivity index (χ0) is 61.9. The van der Waals surface area contributed by atoms with E-state index in [1.54, 1.807) is 33.0 Å². The number of hydrazine groups is 1. The SMILES string of the molecule is CC[C@H](CC(=O)N1CCC[C@H]1[C@H](OC)[C@@H](C)C(=O)N[C@@H](Cc1ccccc1)C(=O)N1CCCCO1)[C@H]([C@@H](C)CC)N(C)C(=O)[C@@H](NC(=O)[C@H](C(C)C)N(C)CCCC(=O)NNC(=O)CCOCCOCCOCCN1C(=O)C=CC1=O)C(C)C. The number of carbonyl (C=O) groups excluding carboxylic acids is 9. The van der Waals surface area contributed by atoms with E-state index in [2.05, 4.69) is 35.3 Å². The summed E-state index contributed by atoms with van der Waals surface area (Å²) in [4.78, 5) is 132. The molecule has 0 radical (unpaired) electrons. The third-order valence-corrected chi connectivity index (χ3v) is 16.2. The van der Waals surface area contributed by atoms with Crippen LogP contribution in [-0.4, -0.2) is 208 Å². The van der Waals surface area contributed by atoms with Crippen LogP contribution in [0.5, 0.6) is 0 Å². The predicted molar refractivity (Wildman–Crippen MR) is 315 cm³/mol. The van der Waals surface area contributed by atoms with Crippen LogP contribution in [0.15, 0.2) is 42.5 Å². The first-order chi connectivity index (χ1) is 40.1. The standard InChI is InChI=1S/C61H99N9O14/c1-12-43(7)56(46(13-2)40-53(75)68-29-19-23-48(68)57(80-11)44(8)58(76)62-47(39-45-21-15-14-16-22-45)60(78)70-30-17-18-32-84-70)67(10)61(79)54(41(3)4)63-59(77)55(42(5)6)66(9)28-20-24-49(71)64-65-50(72)27-33-81-35-37-83-38-36-82-34-31-69-51(73)25-26-52(69)74/h14-16,21-22,25-26,41-44,46-48,54-57H,12-13,17-20,23-24,27-40H2,1-11H3,(H,62,76)(H,63,77)(H,64,71)(H,65,72)/t43-,44+,46+,47-,48-,54-,55-,56-,57+/m0/s1. The highest BCUT2D eigenvalue weighted by Gasteiger charge is 2.44. The van der Waals surface area contributed by atoms with Gasteiger partial charge in [-0.3, -0.25) is 68.6 Å². The number of amides is 9. The van der Waals surface area contributed by atoms with Crippen molar-refractivity contribution in [2.24, 2.45) is 29.6 Å². The lowest BCUT2D eigenvalue weighted by Gasteiger charge is -2.41. The van der Waals surface area contributed by atoms with Gasteiger partial charge in [-0.15, -0.1) is 0 Å². The molecule has 0 aromatic heterocycles. The van der Waals surface area contributed by atoms with Crippen LogP contribution >= 0.6 is 0 Å². The molecule has 4 rings (SSSR count). The molecule has 23 heteroatoms. The van der Waals surface area contributed by atoms with Gasteiger partial charge in [0.25, 0.3) is 17.7 Å². The first-order valence-corrected chi connectivity index (χ1v) is 30.4. The van der Waals surface area contributed by atoms with E-state index in [-0.39, 0.29) is 143 Å². The number of carbonyl (C=O) groups is 9. The summed E-state index contributed by atoms with van der Waals surface area (Å²) in [7, 11) is 5.12. The zero-order valence-electron chi connectivity index (χ0n) is 51.9. The second-order valence-electron chi connectivity index (χ2n) is 23.1. The smallest absolute Gasteiger partial charge is 0.269 e. The van der Waals surface area contributed by atoms with Gasteiger partial charge in [0.05, 0.1) is 83.3 Å². The molecule has 472 valence electrons. The number of rotatable bonds is 37. The molecule has 0 spiro atoms. The first-order valence-electron chi connectivity index (χ1n) is 30.4. The second kappa shape index (κ2) is 36.9. The molecule has 0 saturated carbocycles. The quantitative estimate of drug-likeness (QED) is 0.0422. The van der Waals surface area contributed by atoms with Crippen molar-refractivity contribution in [1.29, 1.82) is 0 Å². The molecule has 9 amide bonds. The second-order valence-corrected chi connectivity index (χ2v) is 23.1. The van der Waals surface area contributed by atoms with Gasteiger partial charge in [-0.2, -0.15) is 0 Å². The minimum absolute atomic E-state index is 0.00319. The maximum atomic E-state index is 14.8. The zero-order valence-corrected chi connectivity index (χ0v) is 51.9. The fourth-order valence-corrected chi connectivity index (χ4v) is 11.4. The number of hydrogen-bond acceptors (Lipinski definition) is 15. The van der Waals surface area contributed by atoms with Gasteiger partial charge < -0.3 is 39.4 Å². The predicted octanol–water partition coefficient (Wildman–Crippen LogP) is 3.59. The van der Waals surface area contributed by atoms with Crippen molar-refractivity contribution in [1.82, 2.24) is 46.1 Å². The number of likely N-dealkylation sites (N-methyl/N-ethyl adjacent to an activating group) is 2. The molecule has 2 saturated heterocycles. The van der Waals surface area contributed by atoms with Gasteiger partial charge in [0.15, 0.2) is 0 Å². The molecular formula is C61H99N9O14. The number of ether oxygens (including phenoxy) is 4. The Labute approximate surface area is 498 Å². The van der Waals surface area contributed by atoms with Gasteiger partial charge in [0, 0.05) is 64.7 Å². The van der Waals surface area contributed by atoms with Gasteiger partial charge >= 0.3 is 0 Å². The van der Waals surface area contributed by atoms with Crippen molar-refractivity contribution >= 4 is 53.2 Å². The van der Waals surface area contributed by atoms with Crippen LogP contribution in [0.25, 0.3) is 0 Å². The topological polar surface area (TPSA) is 264 Å². The summed E-state index contributed by atoms with van der Waals surface area (Å²) in [5, 5.41) is 7.48. The molecule has 2 fully saturated rings. The highest BCUT2D eigenvalue weighted by molar-refractivity contribution is 6.12. The van der Waals surface area contributed by atoms with E-state index < -0.39 is 48.0 Å². The Morgan fingerprint density at radius 2 is 1.37 bits per heavy atom. The third kappa shape index (κ3) is 21.9. The lowest BCUT2D eigenvalue weighted by atomic mass is 9.82. The molecule has 3 heterocycles. The number of likely N-dealkylation sites (tertiary alicyclic amines) is 1. The Morgan fingerprint density at radius 1 is 0.738 bits per heavy atom. The molecule has 3 aliphatic rings. The maximum absolute atomic E-state index is 14.8. The summed E-state index contributed by atoms with van der Waals surface area (Å²) >= 11 is 0. The number of imide groups is 1. The maximum Gasteiger partial charge on any atom is 0.269 e. The van der Waals surface area contributed by atoms with E-state index >= 15 is 0 Å². The van der Waals surface area contributed by atoms with Crippen molar-refractivity contribution in [2.45, 2.75) is 162 Å². The highest BCUT2D eigenvalue weighted by Crippen LogP contribution is 2.32. The molecule has 3 aliphatic heterocycles. The highest BCUT2D eigenvalue weighted by atomic mass is 16.7. The number of nitrogens with one attached hydrogen (secondary N) is 4. The number of hydrogen-bond donors (Lipinski definition) is 4. The molecule has 0 unspecified atom stereocenters. The molecular weight excluding hydrogens is 1080 g/mol. The monoisotopic (exact) mass is 1180 g/mol. The van der Waals surface area contributed by atoms with E-state index in [1.165, 1.54) is 17.2 Å². The molecule has 84 heavy (non-hydrogen) atoms. The van der Waals surface area contributed by atoms with Crippen LogP contribution in [-0.2, 0) is 73.4 Å². The normalized spacial score (nSPS) is 18.3. The summed E-state index contributed by atoms with van der Waals surface area (Å²) in [6.45, 7) is 18.9. The van der Waals surface area contributed by atoms with Crippen molar-refractivity contribution in [3.63, 3.8) is 0 Å². The minimum atomic E-state index is -0.873. The van der Waals surface area contributed by atoms with Crippen LogP contribution < -0.4 is 21.5 Å². The Hall–Kier alpha value is -5.85. The van der Waals surface area contributed by atoms with Crippen LogP contribution in [0.1, 0.15) is 125 Å². The summed E-state index contributed by atoms with van der Waals surface area (Å²) in [6, 6.07) is 6.40. The average Bonchev–Trinajstić information content (AvgIpc) is 3.31. The van der Waals surface area contributed by atoms with E-state index in [0.717, 1.165) is 36.1 Å². The molecule has 23 nitrogen and oxygen atoms in total. The van der Waals surface area contributed by atoms with E-state index in [9.17, 15) is 43.2 Å². The van der Waals surface area contributed by atoms with Gasteiger partial charge in [0.2, 0.25) is 35.4 Å². The fraction of sp³-hybridized carbons (Fsp3) is 0.721. The summed E-state index contributed by atoms with van der Waals surface area (Å²) in [5.41, 5.74) is 5.72. The number of nitrogens with zero attached hydrogens (tertiary/aromatic N) is 5. The Kier molecular flexibility index (Phi) is 31.0. The van der Waals surface area contributed by atoms with Crippen molar-refractivity contribution in [2.75, 3.05) is 93.6 Å². The Bertz CT molecular complexity index is 2280. The molecule has 0 bridgehead atoms. The van der Waals surface area contributed by atoms with Crippen LogP contribution in [0, 0.1) is 29.6 Å². The van der Waals surface area contributed by atoms with E-state index in [1.807, 2.05) is 74.8 Å². The largest absolute Gasteiger partial charge is 0.379 e. The van der Waals surface area contributed by atoms with Crippen LogP contribution in [0.2, 0.25) is 0 Å². The van der Waals surface area contributed by atoms with Gasteiger partial charge in [-0.1, -0.05) is 98.6 Å². The van der Waals surface area contributed by atoms with Crippen molar-refractivity contribution in [3.05, 3.63) is 48.0 Å². The summed E-state index contributed by atoms with van der Waals surface area (Å²) < 4.78 is 22.3. The number of benzene rings is 1. The van der Waals surface area contributed by atoms with E-state index in [4.69, 9.17) is 23.8 Å². The number of methoxy groups -OCH3 is 1. The Morgan fingerprint density at radius 3 is 1.95 bits per heavy atom. The molecule has 1 aromatic carbocycles. The fourth-order valence-electron chi connectivity index (χ4n) is 11.4. The van der Waals surface area contributed by atoms with Crippen LogP contribution in [0.3, 0.4) is 0 Å². The number of hydroxylamine groups is 2. The molecule has 1 aromatic rings. The molecule has 9 atom stereocenters. The van der Waals surface area contributed by atoms with Crippen molar-refractivity contribution < 1.29 is 66.9 Å². The van der Waals surface area contributed by atoms with Crippen molar-refractivity contribution in [3.8, 4) is 0 Å². The first kappa shape index (κ1) is 70.6. The lowest BCUT2D eigenvalue weighted by Crippen LogP contribution is -2.59.